The van der Waals surface area contributed by atoms with Gasteiger partial charge in [0.25, 0.3) is 40.5 Å². The Kier molecular flexibility index (Phi) is 20.2. The minimum absolute atomic E-state index is 0.00857. The lowest BCUT2D eigenvalue weighted by Crippen LogP contribution is -2.19. The number of phenolic OH excluding ortho intramolecular Hbond substituents is 1. The van der Waals surface area contributed by atoms with Crippen molar-refractivity contribution in [2.45, 2.75) is 26.0 Å². The molecular formula is C38H30ClN11O25S8. The summed E-state index contributed by atoms with van der Waals surface area (Å²) in [7, 11) is -20.8. The van der Waals surface area contributed by atoms with Crippen LogP contribution in [0.1, 0.15) is 6.42 Å². The highest BCUT2D eigenvalue weighted by Gasteiger charge is 2.30. The number of phenols is 1. The molecule has 6 aromatic rings. The van der Waals surface area contributed by atoms with E-state index in [1.165, 1.54) is 24.5 Å². The Balaban J connectivity index is 1.25. The second kappa shape index (κ2) is 26.4. The fourth-order valence-corrected chi connectivity index (χ4v) is 11.5. The zero-order chi connectivity index (χ0) is 60.8. The van der Waals surface area contributed by atoms with Gasteiger partial charge in [0.2, 0.25) is 17.2 Å². The molecule has 1 atom stereocenters. The first-order valence-electron chi connectivity index (χ1n) is 20.9. The number of amides is 2. The topological polar surface area (TPSA) is 547 Å². The number of aromatic nitrogens is 3. The first-order chi connectivity index (χ1) is 39.0. The minimum Gasteiger partial charge on any atom is -0.505 e. The number of carbonyl (C=O) groups is 1. The summed E-state index contributed by atoms with van der Waals surface area (Å²) in [5.74, 6) is -2.47. The molecule has 1 unspecified atom stereocenters. The van der Waals surface area contributed by atoms with E-state index in [0.717, 1.165) is 60.8 Å². The molecular weight excluding hydrogens is 1300 g/mol. The smallest absolute Gasteiger partial charge is 0.357 e. The number of hydrogen-bond donors (Lipinski definition) is 12. The van der Waals surface area contributed by atoms with Gasteiger partial charge in [-0.05, 0) is 83.7 Å². The molecule has 0 saturated carbocycles. The van der Waals surface area contributed by atoms with Crippen LogP contribution in [-0.2, 0) is 79.8 Å². The third kappa shape index (κ3) is 16.1. The first-order valence-corrected chi connectivity index (χ1v) is 30.7. The monoisotopic (exact) mass is 1330 g/mol. The summed E-state index contributed by atoms with van der Waals surface area (Å²) in [6.45, 7) is 0. The lowest BCUT2D eigenvalue weighted by atomic mass is 10.1. The summed E-state index contributed by atoms with van der Waals surface area (Å²) in [6, 6.07) is 8.37. The molecule has 5 aromatic carbocycles. The molecule has 1 aromatic heterocycles. The van der Waals surface area contributed by atoms with Crippen molar-refractivity contribution in [2.24, 2.45) is 26.2 Å². The number of hydrogen-bond acceptors (Lipinski definition) is 32. The molecule has 7 rings (SSSR count). The highest BCUT2D eigenvalue weighted by atomic mass is 35.5. The Hall–Kier alpha value is -6.87. The number of benzene rings is 5. The molecule has 2 amide bonds. The van der Waals surface area contributed by atoms with E-state index in [9.17, 15) is 70.5 Å². The maximum atomic E-state index is 13.2. The quantitative estimate of drug-likeness (QED) is 0.00396. The van der Waals surface area contributed by atoms with Gasteiger partial charge in [-0.25, -0.2) is 15.3 Å². The number of nitrogens with two attached hydrogens (primary N) is 1. The van der Waals surface area contributed by atoms with Crippen molar-refractivity contribution in [3.8, 4) is 11.5 Å². The number of halogens is 1. The van der Waals surface area contributed by atoms with Crippen molar-refractivity contribution in [3.63, 3.8) is 0 Å². The molecule has 1 aliphatic rings. The predicted octanol–water partition coefficient (Wildman–Crippen LogP) is 8.26. The molecule has 0 aliphatic heterocycles. The summed E-state index contributed by atoms with van der Waals surface area (Å²) in [6.07, 6.45) is 2.72. The first kappa shape index (κ1) is 63.7. The second-order valence-corrected chi connectivity index (χ2v) is 23.8. The third-order valence-electron chi connectivity index (χ3n) is 10.2. The van der Waals surface area contributed by atoms with E-state index in [1.807, 2.05) is 0 Å². The van der Waals surface area contributed by atoms with E-state index in [0.29, 0.717) is 6.07 Å². The third-order valence-corrected chi connectivity index (χ3v) is 15.8. The van der Waals surface area contributed by atoms with Crippen LogP contribution in [0.3, 0.4) is 0 Å². The zero-order valence-corrected chi connectivity index (χ0v) is 47.3. The van der Waals surface area contributed by atoms with E-state index in [-0.39, 0.29) is 57.0 Å². The molecule has 83 heavy (non-hydrogen) atoms. The lowest BCUT2D eigenvalue weighted by Gasteiger charge is -2.17. The number of urea groups is 1. The van der Waals surface area contributed by atoms with Crippen molar-refractivity contribution < 1.29 is 113 Å². The molecule has 0 saturated heterocycles. The maximum absolute atomic E-state index is 13.2. The van der Waals surface area contributed by atoms with Crippen LogP contribution in [0.15, 0.2) is 134 Å². The standard InChI is InChI=1S/C38H30ClN11O25S8/c1-76-73-69-14-16-7-26(31(82(63,64)65)13-28(16)77-74-71-53)49-50-32-29(78-75-72-54)12-21-19(33(32)51)3-5-23(34(21)83(66,67)68)43-38-45-35(39)44-37(46-38)41-17-2-4-22(24(9-17)42-36(40)52)47-48-25-11-20-15(8-27(25)70-79(55)56)6-18(80(57,58)59)10-30(20)81(60,61)62/h2-6,8-14,51,53-54H,7H2,1H3,(H,55,56)(H3,40,42,52)(H,57,58,59)(H,60,61,62)(H,63,64,65)(H,66,67,68)(H2,41,43,44,45,46). The van der Waals surface area contributed by atoms with Crippen LogP contribution in [0, 0.1) is 0 Å². The van der Waals surface area contributed by atoms with Crippen LogP contribution in [0.5, 0.6) is 11.5 Å². The molecule has 1 aliphatic carbocycles. The predicted molar refractivity (Wildman–Crippen MR) is 288 cm³/mol. The molecule has 442 valence electrons. The van der Waals surface area contributed by atoms with E-state index in [4.69, 9.17) is 41.3 Å². The summed E-state index contributed by atoms with van der Waals surface area (Å²) in [5, 5.41) is 57.6. The van der Waals surface area contributed by atoms with Crippen molar-refractivity contribution in [3.05, 3.63) is 99.4 Å². The zero-order valence-electron chi connectivity index (χ0n) is 40.0. The number of nitrogens with zero attached hydrogens (tertiary/aromatic N) is 7. The summed E-state index contributed by atoms with van der Waals surface area (Å²) in [5.41, 5.74) is 2.79. The number of allylic oxidation sites excluding steroid dienone is 3. The summed E-state index contributed by atoms with van der Waals surface area (Å²) < 4.78 is 180. The van der Waals surface area contributed by atoms with Crippen LogP contribution in [0.4, 0.5) is 50.8 Å². The van der Waals surface area contributed by atoms with Crippen LogP contribution in [0.25, 0.3) is 21.5 Å². The van der Waals surface area contributed by atoms with E-state index < -0.39 is 156 Å². The van der Waals surface area contributed by atoms with Gasteiger partial charge in [0.15, 0.2) is 11.5 Å². The molecule has 0 spiro atoms. The van der Waals surface area contributed by atoms with Gasteiger partial charge in [-0.2, -0.15) is 57.9 Å². The molecule has 0 radical (unpaired) electrons. The number of carbonyl (C=O) groups excluding carboxylic acids is 1. The number of anilines is 5. The Morgan fingerprint density at radius 1 is 0.759 bits per heavy atom. The summed E-state index contributed by atoms with van der Waals surface area (Å²) >= 11 is 4.26. The minimum atomic E-state index is -5.38. The second-order valence-electron chi connectivity index (χ2n) is 15.3. The highest BCUT2D eigenvalue weighted by Crippen LogP contribution is 2.48. The van der Waals surface area contributed by atoms with Crippen molar-refractivity contribution in [2.75, 3.05) is 22.2 Å². The molecule has 0 bridgehead atoms. The number of rotatable bonds is 24. The Labute approximate surface area is 483 Å². The van der Waals surface area contributed by atoms with Gasteiger partial charge in [-0.15, -0.1) is 28.3 Å². The number of nitrogens with one attached hydrogen (secondary N) is 3. The van der Waals surface area contributed by atoms with E-state index >= 15 is 0 Å². The van der Waals surface area contributed by atoms with Gasteiger partial charge in [0.1, 0.15) is 38.0 Å². The largest absolute Gasteiger partial charge is 0.505 e. The van der Waals surface area contributed by atoms with Gasteiger partial charge in [-0.3, -0.25) is 22.8 Å². The molecule has 36 nitrogen and oxygen atoms in total. The van der Waals surface area contributed by atoms with Crippen LogP contribution < -0.4 is 25.9 Å². The van der Waals surface area contributed by atoms with E-state index in [1.54, 1.807) is 0 Å². The van der Waals surface area contributed by atoms with E-state index in [2.05, 4.69) is 70.1 Å². The van der Waals surface area contributed by atoms with Crippen molar-refractivity contribution in [1.82, 2.24) is 15.0 Å². The Morgan fingerprint density at radius 2 is 1.45 bits per heavy atom. The Bertz CT molecular complexity index is 4270. The van der Waals surface area contributed by atoms with Crippen molar-refractivity contribution in [1.29, 1.82) is 0 Å². The fourth-order valence-electron chi connectivity index (χ4n) is 7.05. The lowest BCUT2D eigenvalue weighted by molar-refractivity contribution is -0.432. The number of fused-ring (bicyclic) bond motifs is 2. The van der Waals surface area contributed by atoms with Gasteiger partial charge in [0.05, 0.1) is 50.9 Å². The normalized spacial score (nSPS) is 14.4. The molecule has 0 fully saturated rings. The van der Waals surface area contributed by atoms with Gasteiger partial charge >= 0.3 is 17.4 Å². The van der Waals surface area contributed by atoms with Crippen molar-refractivity contribution >= 4 is 173 Å². The maximum Gasteiger partial charge on any atom is 0.357 e. The van der Waals surface area contributed by atoms with Crippen LogP contribution >= 0.6 is 47.7 Å². The number of aromatic hydroxyl groups is 1. The molecule has 13 N–H and O–H groups in total. The van der Waals surface area contributed by atoms with Gasteiger partial charge in [-0.1, -0.05) is 10.1 Å². The fraction of sp³-hybridized carbons (Fsp3) is 0.0526. The number of primary amides is 1. The molecule has 1 heterocycles. The average molecular weight is 1330 g/mol. The summed E-state index contributed by atoms with van der Waals surface area (Å²) in [4.78, 5) is 24.6. The van der Waals surface area contributed by atoms with Crippen LogP contribution in [0.2, 0.25) is 5.28 Å². The van der Waals surface area contributed by atoms with Gasteiger partial charge in [0, 0.05) is 57.0 Å². The average Bonchev–Trinajstić information content (AvgIpc) is 1.84. The highest BCUT2D eigenvalue weighted by molar-refractivity contribution is 7.98. The van der Waals surface area contributed by atoms with Crippen LogP contribution in [-0.4, -0.2) is 104 Å². The Morgan fingerprint density at radius 3 is 2.07 bits per heavy atom. The number of azo groups is 2. The van der Waals surface area contributed by atoms with Gasteiger partial charge < -0.3 is 35.9 Å². The molecule has 45 heteroatoms. The SMILES string of the molecule is CSOOC=C1CC(N=Nc2c(SOOO)cc3c(S(=O)(=O)O)c(Nc4nc(Cl)nc(Nc5ccc(N=Nc6cc7c(S(=O)(=O)O)cc(S(=O)(=O)O)cc7cc6OS(=O)O)c(NC(N)=O)c5)n4)ccc3c2O)=C(S(=O)(=O)O)C=C1SOOO.